The van der Waals surface area contributed by atoms with E-state index in [1.807, 2.05) is 48.5 Å². The second kappa shape index (κ2) is 17.8. The Morgan fingerprint density at radius 2 is 1.54 bits per heavy atom. The fraction of sp³-hybridized carbons (Fsp3) is 0.791. The molecule has 56 heavy (non-hydrogen) atoms. The smallest absolute Gasteiger partial charge is 0.315 e. The lowest BCUT2D eigenvalue weighted by molar-refractivity contribution is -0.153. The average Bonchev–Trinajstić information content (AvgIpc) is 3.64. The third-order valence-corrected chi connectivity index (χ3v) is 13.2. The Kier molecular flexibility index (Phi) is 14.3. The Hall–Kier alpha value is -3.77. The van der Waals surface area contributed by atoms with Gasteiger partial charge in [-0.2, -0.15) is 0 Å². The van der Waals surface area contributed by atoms with E-state index < -0.39 is 64.0 Å². The average molecular weight is 783 g/mol. The molecule has 2 aliphatic heterocycles. The monoisotopic (exact) mass is 783 g/mol. The van der Waals surface area contributed by atoms with E-state index in [1.54, 1.807) is 4.90 Å². The van der Waals surface area contributed by atoms with Crippen LogP contribution >= 0.6 is 0 Å². The first-order valence-electron chi connectivity index (χ1n) is 21.0. The van der Waals surface area contributed by atoms with Gasteiger partial charge in [-0.15, -0.1) is 6.58 Å². The molecule has 0 aromatic rings. The highest BCUT2D eigenvalue weighted by atomic mass is 16.2. The first-order chi connectivity index (χ1) is 26.0. The molecule has 0 aromatic carbocycles. The number of carbonyl (C=O) groups excluding carboxylic acids is 7. The summed E-state index contributed by atoms with van der Waals surface area (Å²) in [5.74, 6) is -3.01. The summed E-state index contributed by atoms with van der Waals surface area (Å²) in [6, 6.07) is -4.10. The quantitative estimate of drug-likeness (QED) is 0.103. The van der Waals surface area contributed by atoms with Gasteiger partial charge in [0, 0.05) is 32.5 Å². The van der Waals surface area contributed by atoms with Crippen molar-refractivity contribution in [2.24, 2.45) is 33.5 Å². The summed E-state index contributed by atoms with van der Waals surface area (Å²) < 4.78 is 0. The molecule has 2 aliphatic carbocycles. The van der Waals surface area contributed by atoms with E-state index in [1.165, 1.54) is 11.0 Å². The lowest BCUT2D eigenvalue weighted by Crippen LogP contribution is -2.63. The Balaban J connectivity index is 1.64. The van der Waals surface area contributed by atoms with E-state index in [2.05, 4.69) is 41.7 Å². The molecule has 4 fully saturated rings. The van der Waals surface area contributed by atoms with Crippen molar-refractivity contribution in [3.63, 3.8) is 0 Å². The molecule has 4 rings (SSSR count). The summed E-state index contributed by atoms with van der Waals surface area (Å²) in [5.41, 5.74) is -1.73. The maximum absolute atomic E-state index is 15.2. The number of Topliss-reactive ketones (excluding diaryl/α,β-unsaturated/α-hetero) is 1. The molecule has 2 saturated carbocycles. The fourth-order valence-electron chi connectivity index (χ4n) is 9.54. The lowest BCUT2D eigenvalue weighted by Gasteiger charge is -2.43. The van der Waals surface area contributed by atoms with E-state index in [-0.39, 0.29) is 67.3 Å². The maximum atomic E-state index is 15.2. The Morgan fingerprint density at radius 1 is 0.911 bits per heavy atom. The van der Waals surface area contributed by atoms with Gasteiger partial charge in [-0.05, 0) is 65.6 Å². The standard InChI is InChI=1S/C43H70N6O7/c1-11-13-17-29(34(52)37(54)44-22-12-2)45-36(53)33-27-18-21-42(8,9)28(27)25-49(33)38(55)35(43(10)19-15-14-16-20-43)47-39(56)46-30(40(3,4)5)26-48-31(50)23-41(6,7)24-32(48)51/h12,27-30,33,35H,2,11,13-26H2,1,3-10H3,(H,44,54)(H,45,53)(H2,46,47,56)/t27-,28-,29?,30+,33-,35+/m0/s1. The molecule has 0 spiro atoms. The SMILES string of the molecule is C=CCNC(=O)C(=O)C(CCCC)NC(=O)[C@@H]1[C@H]2CCC(C)(C)[C@H]2CN1C(=O)[C@@H](NC(=O)N[C@H](CN1C(=O)CC(C)(C)CC1=O)C(C)(C)C)C1(C)CCCCC1. The van der Waals surface area contributed by atoms with Crippen LogP contribution in [0, 0.1) is 33.5 Å². The lowest BCUT2D eigenvalue weighted by atomic mass is 9.70. The van der Waals surface area contributed by atoms with E-state index in [0.717, 1.165) is 38.5 Å². The number of ketones is 1. The molecular formula is C43H70N6O7. The van der Waals surface area contributed by atoms with Crippen LogP contribution in [0.3, 0.4) is 0 Å². The number of nitrogens with one attached hydrogen (secondary N) is 4. The molecule has 0 aromatic heterocycles. The van der Waals surface area contributed by atoms with Gasteiger partial charge in [0.1, 0.15) is 12.1 Å². The third-order valence-electron chi connectivity index (χ3n) is 13.2. The van der Waals surface area contributed by atoms with Crippen LogP contribution in [0.5, 0.6) is 0 Å². The van der Waals surface area contributed by atoms with E-state index >= 15 is 4.79 Å². The van der Waals surface area contributed by atoms with Crippen molar-refractivity contribution in [1.82, 2.24) is 31.1 Å². The van der Waals surface area contributed by atoms with Crippen molar-refractivity contribution in [1.29, 1.82) is 0 Å². The maximum Gasteiger partial charge on any atom is 0.315 e. The highest BCUT2D eigenvalue weighted by Gasteiger charge is 2.58. The van der Waals surface area contributed by atoms with Crippen LogP contribution in [0.4, 0.5) is 4.79 Å². The predicted molar refractivity (Wildman–Crippen MR) is 215 cm³/mol. The zero-order valence-corrected chi connectivity index (χ0v) is 35.6. The number of rotatable bonds is 15. The largest absolute Gasteiger partial charge is 0.346 e. The summed E-state index contributed by atoms with van der Waals surface area (Å²) >= 11 is 0. The minimum Gasteiger partial charge on any atom is -0.346 e. The number of unbranched alkanes of at least 4 members (excludes halogenated alkanes) is 1. The van der Waals surface area contributed by atoms with Crippen molar-refractivity contribution in [2.45, 2.75) is 164 Å². The van der Waals surface area contributed by atoms with Gasteiger partial charge in [-0.3, -0.25) is 33.7 Å². The highest BCUT2D eigenvalue weighted by molar-refractivity contribution is 6.38. The molecule has 2 saturated heterocycles. The second-order valence-corrected chi connectivity index (χ2v) is 19.9. The van der Waals surface area contributed by atoms with Crippen LogP contribution in [0.15, 0.2) is 12.7 Å². The van der Waals surface area contributed by atoms with Gasteiger partial charge in [-0.1, -0.05) is 100 Å². The molecule has 314 valence electrons. The molecule has 4 N–H and O–H groups in total. The number of amides is 7. The van der Waals surface area contributed by atoms with Crippen molar-refractivity contribution in [2.75, 3.05) is 19.6 Å². The molecule has 13 heteroatoms. The third kappa shape index (κ3) is 10.4. The van der Waals surface area contributed by atoms with Crippen molar-refractivity contribution >= 4 is 41.4 Å². The van der Waals surface area contributed by atoms with Crippen LogP contribution < -0.4 is 21.3 Å². The normalized spacial score (nSPS) is 25.7. The van der Waals surface area contributed by atoms with E-state index in [0.29, 0.717) is 25.8 Å². The Bertz CT molecular complexity index is 1510. The van der Waals surface area contributed by atoms with Crippen LogP contribution in [0.1, 0.15) is 139 Å². The fourth-order valence-corrected chi connectivity index (χ4v) is 9.54. The molecule has 1 unspecified atom stereocenters. The molecular weight excluding hydrogens is 713 g/mol. The zero-order valence-electron chi connectivity index (χ0n) is 35.6. The van der Waals surface area contributed by atoms with Crippen molar-refractivity contribution in [3.8, 4) is 0 Å². The summed E-state index contributed by atoms with van der Waals surface area (Å²) in [6.45, 7) is 22.0. The van der Waals surface area contributed by atoms with Crippen molar-refractivity contribution in [3.05, 3.63) is 12.7 Å². The van der Waals surface area contributed by atoms with E-state index in [4.69, 9.17) is 0 Å². The van der Waals surface area contributed by atoms with Gasteiger partial charge in [0.15, 0.2) is 0 Å². The van der Waals surface area contributed by atoms with E-state index in [9.17, 15) is 28.8 Å². The Morgan fingerprint density at radius 3 is 2.11 bits per heavy atom. The summed E-state index contributed by atoms with van der Waals surface area (Å²) in [5, 5.41) is 11.5. The number of piperidine rings is 1. The van der Waals surface area contributed by atoms with Gasteiger partial charge in [0.25, 0.3) is 5.91 Å². The van der Waals surface area contributed by atoms with Gasteiger partial charge in [-0.25, -0.2) is 4.79 Å². The minimum atomic E-state index is -1.05. The van der Waals surface area contributed by atoms with Gasteiger partial charge in [0.05, 0.1) is 12.1 Å². The van der Waals surface area contributed by atoms with Crippen LogP contribution in [0.25, 0.3) is 0 Å². The molecule has 2 heterocycles. The van der Waals surface area contributed by atoms with Gasteiger partial charge >= 0.3 is 6.03 Å². The number of nitrogens with zero attached hydrogens (tertiary/aromatic N) is 2. The summed E-state index contributed by atoms with van der Waals surface area (Å²) in [6.07, 6.45) is 9.41. The zero-order chi connectivity index (χ0) is 41.8. The molecule has 6 atom stereocenters. The Labute approximate surface area is 334 Å². The number of imide groups is 1. The van der Waals surface area contributed by atoms with Crippen LogP contribution in [0.2, 0.25) is 0 Å². The molecule has 13 nitrogen and oxygen atoms in total. The number of hydrogen-bond donors (Lipinski definition) is 4. The molecule has 0 radical (unpaired) electrons. The molecule has 7 amide bonds. The number of hydrogen-bond acceptors (Lipinski definition) is 7. The van der Waals surface area contributed by atoms with Gasteiger partial charge < -0.3 is 26.2 Å². The van der Waals surface area contributed by atoms with Gasteiger partial charge in [0.2, 0.25) is 29.4 Å². The number of urea groups is 1. The highest BCUT2D eigenvalue weighted by Crippen LogP contribution is 2.53. The minimum absolute atomic E-state index is 0.0108. The summed E-state index contributed by atoms with van der Waals surface area (Å²) in [7, 11) is 0. The molecule has 4 aliphatic rings. The molecule has 0 bridgehead atoms. The van der Waals surface area contributed by atoms with Crippen LogP contribution in [-0.2, 0) is 28.8 Å². The summed E-state index contributed by atoms with van der Waals surface area (Å²) in [4.78, 5) is 99.1. The second-order valence-electron chi connectivity index (χ2n) is 19.9. The predicted octanol–water partition coefficient (Wildman–Crippen LogP) is 5.02. The number of carbonyl (C=O) groups is 7. The topological polar surface area (TPSA) is 174 Å². The first kappa shape index (κ1) is 44.9. The van der Waals surface area contributed by atoms with Crippen LogP contribution in [-0.4, -0.2) is 95.0 Å². The first-order valence-corrected chi connectivity index (χ1v) is 21.0. The van der Waals surface area contributed by atoms with Crippen molar-refractivity contribution < 1.29 is 33.6 Å². The number of fused-ring (bicyclic) bond motifs is 1. The number of likely N-dealkylation sites (tertiary alicyclic amines) is 2.